The lowest BCUT2D eigenvalue weighted by atomic mass is 9.99. The number of aromatic carboxylic acids is 1. The molecule has 1 aromatic heterocycles. The highest BCUT2D eigenvalue weighted by Crippen LogP contribution is 2.33. The molecule has 122 valence electrons. The zero-order valence-corrected chi connectivity index (χ0v) is 13.6. The fraction of sp³-hybridized carbons (Fsp3) is 0.600. The van der Waals surface area contributed by atoms with Crippen molar-refractivity contribution in [1.82, 2.24) is 5.32 Å². The molecule has 0 atom stereocenters. The molecule has 1 saturated heterocycles. The van der Waals surface area contributed by atoms with E-state index in [9.17, 15) is 9.59 Å². The maximum atomic E-state index is 12.2. The lowest BCUT2D eigenvalue weighted by Crippen LogP contribution is -2.44. The molecule has 1 amide bonds. The summed E-state index contributed by atoms with van der Waals surface area (Å²) < 4.78 is 10.7. The van der Waals surface area contributed by atoms with Crippen molar-refractivity contribution in [2.24, 2.45) is 0 Å². The number of rotatable bonds is 6. The highest BCUT2D eigenvalue weighted by Gasteiger charge is 2.32. The van der Waals surface area contributed by atoms with E-state index in [2.05, 4.69) is 5.32 Å². The van der Waals surface area contributed by atoms with Crippen molar-refractivity contribution in [3.8, 4) is 0 Å². The molecule has 1 fully saturated rings. The van der Waals surface area contributed by atoms with Crippen LogP contribution in [0.15, 0.2) is 10.5 Å². The largest absolute Gasteiger partial charge is 0.478 e. The molecule has 0 unspecified atom stereocenters. The number of carboxylic acid groups (broad SMARTS) is 1. The summed E-state index contributed by atoms with van der Waals surface area (Å²) in [6.07, 6.45) is 4.23. The van der Waals surface area contributed by atoms with Gasteiger partial charge in [-0.25, -0.2) is 4.79 Å². The number of hydrogen-bond acceptors (Lipinski definition) is 5. The van der Waals surface area contributed by atoms with Crippen LogP contribution in [0.25, 0.3) is 0 Å². The van der Waals surface area contributed by atoms with Crippen LogP contribution in [0.2, 0.25) is 0 Å². The second kappa shape index (κ2) is 7.19. The SMILES string of the molecule is CCc1oc(C(=O)NCC2(SC)CCOCC2)cc1C(=O)O. The van der Waals surface area contributed by atoms with Gasteiger partial charge in [-0.3, -0.25) is 4.79 Å². The average Bonchev–Trinajstić information content (AvgIpc) is 2.98. The van der Waals surface area contributed by atoms with Gasteiger partial charge in [-0.05, 0) is 19.1 Å². The Bertz CT molecular complexity index is 548. The fourth-order valence-electron chi connectivity index (χ4n) is 2.51. The maximum Gasteiger partial charge on any atom is 0.339 e. The first kappa shape index (κ1) is 16.9. The molecule has 2 rings (SSSR count). The Balaban J connectivity index is 2.04. The first-order valence-corrected chi connectivity index (χ1v) is 8.51. The van der Waals surface area contributed by atoms with E-state index >= 15 is 0 Å². The minimum absolute atomic E-state index is 0.0241. The molecular weight excluding hydrogens is 306 g/mol. The van der Waals surface area contributed by atoms with Crippen LogP contribution in [0.1, 0.15) is 46.4 Å². The molecule has 0 aromatic carbocycles. The van der Waals surface area contributed by atoms with Crippen molar-refractivity contribution >= 4 is 23.6 Å². The molecule has 22 heavy (non-hydrogen) atoms. The summed E-state index contributed by atoms with van der Waals surface area (Å²) in [5.74, 6) is -1.08. The van der Waals surface area contributed by atoms with Gasteiger partial charge in [0.05, 0.1) is 0 Å². The third-order valence-corrected chi connectivity index (χ3v) is 5.41. The molecule has 2 heterocycles. The van der Waals surface area contributed by atoms with Crippen molar-refractivity contribution in [2.75, 3.05) is 26.0 Å². The Morgan fingerprint density at radius 1 is 1.41 bits per heavy atom. The standard InChI is InChI=1S/C15H21NO5S/c1-3-11-10(14(18)19)8-12(21-11)13(17)16-9-15(22-2)4-6-20-7-5-15/h8H,3-7,9H2,1-2H3,(H,16,17)(H,18,19). The Hall–Kier alpha value is -1.47. The molecule has 1 aliphatic heterocycles. The minimum Gasteiger partial charge on any atom is -0.478 e. The van der Waals surface area contributed by atoms with Gasteiger partial charge in [0.15, 0.2) is 5.76 Å². The molecule has 0 bridgehead atoms. The van der Waals surface area contributed by atoms with Crippen LogP contribution >= 0.6 is 11.8 Å². The van der Waals surface area contributed by atoms with Crippen LogP contribution in [-0.2, 0) is 11.2 Å². The maximum absolute atomic E-state index is 12.2. The molecular formula is C15H21NO5S. The molecule has 0 aliphatic carbocycles. The number of thioether (sulfide) groups is 1. The molecule has 6 nitrogen and oxygen atoms in total. The number of carboxylic acids is 1. The quantitative estimate of drug-likeness (QED) is 0.832. The summed E-state index contributed by atoms with van der Waals surface area (Å²) in [7, 11) is 0. The van der Waals surface area contributed by atoms with E-state index in [1.54, 1.807) is 18.7 Å². The van der Waals surface area contributed by atoms with Crippen molar-refractivity contribution in [3.63, 3.8) is 0 Å². The number of nitrogens with one attached hydrogen (secondary N) is 1. The van der Waals surface area contributed by atoms with E-state index in [0.29, 0.717) is 31.9 Å². The summed E-state index contributed by atoms with van der Waals surface area (Å²) in [6.45, 7) is 3.69. The van der Waals surface area contributed by atoms with Gasteiger partial charge in [0.1, 0.15) is 11.3 Å². The highest BCUT2D eigenvalue weighted by atomic mass is 32.2. The van der Waals surface area contributed by atoms with Gasteiger partial charge in [-0.1, -0.05) is 6.92 Å². The molecule has 1 aromatic rings. The van der Waals surface area contributed by atoms with Crippen LogP contribution in [0, 0.1) is 0 Å². The first-order valence-electron chi connectivity index (χ1n) is 7.28. The number of carbonyl (C=O) groups is 2. The predicted molar refractivity (Wildman–Crippen MR) is 83.7 cm³/mol. The number of hydrogen-bond donors (Lipinski definition) is 2. The number of furan rings is 1. The molecule has 0 spiro atoms. The van der Waals surface area contributed by atoms with Crippen LogP contribution in [0.3, 0.4) is 0 Å². The summed E-state index contributed by atoms with van der Waals surface area (Å²) in [6, 6.07) is 1.30. The lowest BCUT2D eigenvalue weighted by Gasteiger charge is -2.35. The fourth-order valence-corrected chi connectivity index (χ4v) is 3.30. The second-order valence-electron chi connectivity index (χ2n) is 5.29. The molecule has 2 N–H and O–H groups in total. The second-order valence-corrected chi connectivity index (χ2v) is 6.56. The van der Waals surface area contributed by atoms with Crippen molar-refractivity contribution < 1.29 is 23.8 Å². The third-order valence-electron chi connectivity index (χ3n) is 3.99. The van der Waals surface area contributed by atoms with Gasteiger partial charge in [-0.15, -0.1) is 0 Å². The molecule has 7 heteroatoms. The van der Waals surface area contributed by atoms with Crippen molar-refractivity contribution in [3.05, 3.63) is 23.2 Å². The Morgan fingerprint density at radius 3 is 2.59 bits per heavy atom. The molecule has 0 saturated carbocycles. The van der Waals surface area contributed by atoms with Gasteiger partial charge in [0.25, 0.3) is 5.91 Å². The number of amides is 1. The highest BCUT2D eigenvalue weighted by molar-refractivity contribution is 8.00. The number of ether oxygens (including phenoxy) is 1. The Labute approximate surface area is 133 Å². The third kappa shape index (κ3) is 3.64. The molecule has 1 aliphatic rings. The zero-order chi connectivity index (χ0) is 16.2. The normalized spacial score (nSPS) is 17.2. The molecule has 0 radical (unpaired) electrons. The van der Waals surface area contributed by atoms with Gasteiger partial charge < -0.3 is 19.6 Å². The van der Waals surface area contributed by atoms with E-state index in [1.807, 2.05) is 6.26 Å². The van der Waals surface area contributed by atoms with Crippen molar-refractivity contribution in [1.29, 1.82) is 0 Å². The predicted octanol–water partition coefficient (Wildman–Crippen LogP) is 2.18. The van der Waals surface area contributed by atoms with Gasteiger partial charge >= 0.3 is 5.97 Å². The van der Waals surface area contributed by atoms with Crippen LogP contribution in [0.4, 0.5) is 0 Å². The van der Waals surface area contributed by atoms with Gasteiger partial charge in [0.2, 0.25) is 0 Å². The first-order chi connectivity index (χ1) is 10.5. The zero-order valence-electron chi connectivity index (χ0n) is 12.8. The van der Waals surface area contributed by atoms with Gasteiger partial charge in [-0.2, -0.15) is 11.8 Å². The lowest BCUT2D eigenvalue weighted by molar-refractivity contribution is 0.0694. The van der Waals surface area contributed by atoms with E-state index in [4.69, 9.17) is 14.3 Å². The van der Waals surface area contributed by atoms with E-state index in [-0.39, 0.29) is 22.0 Å². The number of aryl methyl sites for hydroxylation is 1. The topological polar surface area (TPSA) is 88.8 Å². The summed E-state index contributed by atoms with van der Waals surface area (Å²) >= 11 is 1.73. The Kier molecular flexibility index (Phi) is 5.52. The van der Waals surface area contributed by atoms with Crippen LogP contribution in [-0.4, -0.2) is 47.7 Å². The van der Waals surface area contributed by atoms with Crippen LogP contribution < -0.4 is 5.32 Å². The van der Waals surface area contributed by atoms with Gasteiger partial charge in [0, 0.05) is 37.0 Å². The van der Waals surface area contributed by atoms with E-state index < -0.39 is 5.97 Å². The van der Waals surface area contributed by atoms with Crippen LogP contribution in [0.5, 0.6) is 0 Å². The summed E-state index contributed by atoms with van der Waals surface area (Å²) in [5.41, 5.74) is 0.0540. The Morgan fingerprint density at radius 2 is 2.09 bits per heavy atom. The van der Waals surface area contributed by atoms with Crippen molar-refractivity contribution in [2.45, 2.75) is 30.9 Å². The smallest absolute Gasteiger partial charge is 0.339 e. The summed E-state index contributed by atoms with van der Waals surface area (Å²) in [5, 5.41) is 12.0. The van der Waals surface area contributed by atoms with E-state index in [0.717, 1.165) is 12.8 Å². The number of carbonyl (C=O) groups excluding carboxylic acids is 1. The minimum atomic E-state index is -1.08. The summed E-state index contributed by atoms with van der Waals surface area (Å²) in [4.78, 5) is 23.3. The van der Waals surface area contributed by atoms with E-state index in [1.165, 1.54) is 6.07 Å². The average molecular weight is 327 g/mol. The monoisotopic (exact) mass is 327 g/mol.